The molecule has 1 aromatic rings. The first kappa shape index (κ1) is 16.0. The zero-order valence-corrected chi connectivity index (χ0v) is 11.4. The van der Waals surface area contributed by atoms with Gasteiger partial charge in [0.05, 0.1) is 16.6 Å². The SMILES string of the molecule is CCCC(C)(O)CNC(=O)c1ccc(F)cc1[N+](=O)[O-]. The van der Waals surface area contributed by atoms with E-state index in [0.29, 0.717) is 12.5 Å². The van der Waals surface area contributed by atoms with E-state index in [1.54, 1.807) is 6.92 Å². The minimum absolute atomic E-state index is 0.0335. The number of carbonyl (C=O) groups excluding carboxylic acids is 1. The molecular formula is C13H17FN2O4. The van der Waals surface area contributed by atoms with Crippen molar-refractivity contribution in [2.75, 3.05) is 6.54 Å². The molecular weight excluding hydrogens is 267 g/mol. The molecule has 0 aliphatic heterocycles. The van der Waals surface area contributed by atoms with Gasteiger partial charge in [-0.05, 0) is 25.5 Å². The van der Waals surface area contributed by atoms with Crippen LogP contribution in [0, 0.1) is 15.9 Å². The summed E-state index contributed by atoms with van der Waals surface area (Å²) in [7, 11) is 0. The quantitative estimate of drug-likeness (QED) is 0.617. The minimum atomic E-state index is -1.08. The van der Waals surface area contributed by atoms with E-state index in [1.165, 1.54) is 0 Å². The molecule has 0 fully saturated rings. The summed E-state index contributed by atoms with van der Waals surface area (Å²) in [5.74, 6) is -1.50. The van der Waals surface area contributed by atoms with Crippen molar-refractivity contribution in [2.24, 2.45) is 0 Å². The van der Waals surface area contributed by atoms with Crippen LogP contribution in [0.2, 0.25) is 0 Å². The van der Waals surface area contributed by atoms with Crippen molar-refractivity contribution >= 4 is 11.6 Å². The maximum atomic E-state index is 13.0. The normalized spacial score (nSPS) is 13.6. The number of benzene rings is 1. The Hall–Kier alpha value is -2.02. The number of nitrogens with zero attached hydrogens (tertiary/aromatic N) is 1. The molecule has 0 radical (unpaired) electrons. The Morgan fingerprint density at radius 1 is 1.55 bits per heavy atom. The van der Waals surface area contributed by atoms with Crippen LogP contribution in [0.15, 0.2) is 18.2 Å². The van der Waals surface area contributed by atoms with Crippen LogP contribution in [0.1, 0.15) is 37.0 Å². The van der Waals surface area contributed by atoms with Crippen LogP contribution >= 0.6 is 0 Å². The fourth-order valence-electron chi connectivity index (χ4n) is 1.84. The summed E-state index contributed by atoms with van der Waals surface area (Å²) in [5, 5.41) is 23.1. The molecule has 0 spiro atoms. The molecule has 20 heavy (non-hydrogen) atoms. The van der Waals surface area contributed by atoms with Crippen molar-refractivity contribution in [1.29, 1.82) is 0 Å². The van der Waals surface area contributed by atoms with E-state index in [9.17, 15) is 24.4 Å². The van der Waals surface area contributed by atoms with Crippen molar-refractivity contribution in [3.8, 4) is 0 Å². The predicted molar refractivity (Wildman–Crippen MR) is 70.9 cm³/mol. The Morgan fingerprint density at radius 2 is 2.20 bits per heavy atom. The van der Waals surface area contributed by atoms with Gasteiger partial charge in [0.15, 0.2) is 0 Å². The second kappa shape index (κ2) is 6.42. The first-order valence-electron chi connectivity index (χ1n) is 6.21. The first-order valence-corrected chi connectivity index (χ1v) is 6.21. The largest absolute Gasteiger partial charge is 0.388 e. The van der Waals surface area contributed by atoms with Crippen molar-refractivity contribution in [3.05, 3.63) is 39.7 Å². The zero-order chi connectivity index (χ0) is 15.3. The van der Waals surface area contributed by atoms with Gasteiger partial charge in [0.2, 0.25) is 0 Å². The van der Waals surface area contributed by atoms with Crippen molar-refractivity contribution < 1.29 is 19.2 Å². The van der Waals surface area contributed by atoms with Gasteiger partial charge in [0.1, 0.15) is 11.4 Å². The molecule has 1 aromatic carbocycles. The van der Waals surface area contributed by atoms with Crippen LogP contribution in [0.4, 0.5) is 10.1 Å². The highest BCUT2D eigenvalue weighted by atomic mass is 19.1. The molecule has 0 saturated heterocycles. The van der Waals surface area contributed by atoms with Crippen LogP contribution in [0.25, 0.3) is 0 Å². The number of rotatable bonds is 6. The lowest BCUT2D eigenvalue weighted by Gasteiger charge is -2.22. The molecule has 1 unspecified atom stereocenters. The topological polar surface area (TPSA) is 92.5 Å². The number of carbonyl (C=O) groups is 1. The minimum Gasteiger partial charge on any atom is -0.388 e. The highest BCUT2D eigenvalue weighted by molar-refractivity contribution is 5.98. The molecule has 1 amide bonds. The average Bonchev–Trinajstić information content (AvgIpc) is 2.35. The fourth-order valence-corrected chi connectivity index (χ4v) is 1.84. The first-order chi connectivity index (χ1) is 9.26. The third-order valence-electron chi connectivity index (χ3n) is 2.82. The number of nitrogens with one attached hydrogen (secondary N) is 1. The van der Waals surface area contributed by atoms with Crippen molar-refractivity contribution in [2.45, 2.75) is 32.3 Å². The third-order valence-corrected chi connectivity index (χ3v) is 2.82. The van der Waals surface area contributed by atoms with Gasteiger partial charge in [0, 0.05) is 6.54 Å². The molecule has 0 aliphatic carbocycles. The summed E-state index contributed by atoms with van der Waals surface area (Å²) in [6.07, 6.45) is 1.22. The highest BCUT2D eigenvalue weighted by Gasteiger charge is 2.24. The van der Waals surface area contributed by atoms with E-state index in [1.807, 2.05) is 6.92 Å². The van der Waals surface area contributed by atoms with Gasteiger partial charge < -0.3 is 10.4 Å². The lowest BCUT2D eigenvalue weighted by atomic mass is 10.0. The van der Waals surface area contributed by atoms with E-state index in [0.717, 1.165) is 18.6 Å². The monoisotopic (exact) mass is 284 g/mol. The Kier molecular flexibility index (Phi) is 5.15. The summed E-state index contributed by atoms with van der Waals surface area (Å²) in [6, 6.07) is 2.72. The summed E-state index contributed by atoms with van der Waals surface area (Å²) < 4.78 is 13.0. The summed E-state index contributed by atoms with van der Waals surface area (Å²) in [5.41, 5.74) is -1.92. The van der Waals surface area contributed by atoms with E-state index in [2.05, 4.69) is 5.32 Å². The fraction of sp³-hybridized carbons (Fsp3) is 0.462. The lowest BCUT2D eigenvalue weighted by Crippen LogP contribution is -2.40. The van der Waals surface area contributed by atoms with Gasteiger partial charge in [-0.2, -0.15) is 0 Å². The number of halogens is 1. The van der Waals surface area contributed by atoms with E-state index in [4.69, 9.17) is 0 Å². The zero-order valence-electron chi connectivity index (χ0n) is 11.4. The Labute approximate surface area is 115 Å². The molecule has 1 atom stereocenters. The molecule has 0 aromatic heterocycles. The highest BCUT2D eigenvalue weighted by Crippen LogP contribution is 2.20. The molecule has 1 rings (SSSR count). The summed E-state index contributed by atoms with van der Waals surface area (Å²) >= 11 is 0. The van der Waals surface area contributed by atoms with Gasteiger partial charge in [0.25, 0.3) is 11.6 Å². The van der Waals surface area contributed by atoms with Gasteiger partial charge in [-0.3, -0.25) is 14.9 Å². The second-order valence-corrected chi connectivity index (χ2v) is 4.85. The molecule has 7 heteroatoms. The number of nitro benzene ring substituents is 1. The standard InChI is InChI=1S/C13H17FN2O4/c1-3-6-13(2,18)8-15-12(17)10-5-4-9(14)7-11(10)16(19)20/h4-5,7,18H,3,6,8H2,1-2H3,(H,15,17). The molecule has 0 bridgehead atoms. The van der Waals surface area contributed by atoms with E-state index >= 15 is 0 Å². The molecule has 110 valence electrons. The molecule has 0 saturated carbocycles. The van der Waals surface area contributed by atoms with E-state index < -0.39 is 27.9 Å². The maximum absolute atomic E-state index is 13.0. The number of amides is 1. The van der Waals surface area contributed by atoms with Crippen LogP contribution in [-0.2, 0) is 0 Å². The molecule has 2 N–H and O–H groups in total. The van der Waals surface area contributed by atoms with Crippen molar-refractivity contribution in [1.82, 2.24) is 5.32 Å². The summed E-state index contributed by atoms with van der Waals surface area (Å²) in [4.78, 5) is 21.9. The van der Waals surface area contributed by atoms with Gasteiger partial charge in [-0.25, -0.2) is 4.39 Å². The molecule has 0 aliphatic rings. The van der Waals surface area contributed by atoms with E-state index in [-0.39, 0.29) is 12.1 Å². The smallest absolute Gasteiger partial charge is 0.285 e. The number of nitro groups is 1. The second-order valence-electron chi connectivity index (χ2n) is 4.85. The van der Waals surface area contributed by atoms with Crippen molar-refractivity contribution in [3.63, 3.8) is 0 Å². The molecule has 6 nitrogen and oxygen atoms in total. The van der Waals surface area contributed by atoms with Gasteiger partial charge in [-0.1, -0.05) is 13.3 Å². The Balaban J connectivity index is 2.85. The van der Waals surface area contributed by atoms with Gasteiger partial charge in [-0.15, -0.1) is 0 Å². The number of hydrogen-bond acceptors (Lipinski definition) is 4. The van der Waals surface area contributed by atoms with Crippen LogP contribution in [-0.4, -0.2) is 28.1 Å². The number of aliphatic hydroxyl groups is 1. The Bertz CT molecular complexity index is 517. The van der Waals surface area contributed by atoms with Crippen LogP contribution < -0.4 is 5.32 Å². The van der Waals surface area contributed by atoms with Crippen LogP contribution in [0.5, 0.6) is 0 Å². The predicted octanol–water partition coefficient (Wildman–Crippen LogP) is 2.01. The number of hydrogen-bond donors (Lipinski definition) is 2. The van der Waals surface area contributed by atoms with Gasteiger partial charge >= 0.3 is 0 Å². The molecule has 0 heterocycles. The summed E-state index contributed by atoms with van der Waals surface area (Å²) in [6.45, 7) is 3.42. The maximum Gasteiger partial charge on any atom is 0.285 e. The Morgan fingerprint density at radius 3 is 2.75 bits per heavy atom. The van der Waals surface area contributed by atoms with Crippen LogP contribution in [0.3, 0.4) is 0 Å². The lowest BCUT2D eigenvalue weighted by molar-refractivity contribution is -0.385. The average molecular weight is 284 g/mol. The third kappa shape index (κ3) is 4.27.